The molecule has 0 radical (unpaired) electrons. The molecular formula is C27H33N7O2S. The summed E-state index contributed by atoms with van der Waals surface area (Å²) in [6.45, 7) is 1.53. The van der Waals surface area contributed by atoms with Crippen molar-refractivity contribution in [2.75, 3.05) is 36.2 Å². The molecule has 3 heterocycles. The van der Waals surface area contributed by atoms with Crippen LogP contribution in [0.4, 0.5) is 11.8 Å². The highest BCUT2D eigenvalue weighted by atomic mass is 32.2. The van der Waals surface area contributed by atoms with Crippen LogP contribution in [0.3, 0.4) is 0 Å². The molecule has 1 aromatic carbocycles. The Bertz CT molecular complexity index is 1350. The number of carbonyl (C=O) groups excluding carboxylic acids is 1. The zero-order valence-electron chi connectivity index (χ0n) is 21.1. The Morgan fingerprint density at radius 1 is 1.05 bits per heavy atom. The molecule has 10 heteroatoms. The van der Waals surface area contributed by atoms with E-state index in [4.69, 9.17) is 11.1 Å². The molecule has 194 valence electrons. The molecule has 1 aliphatic heterocycles. The number of amides is 1. The van der Waals surface area contributed by atoms with E-state index < -0.39 is 15.3 Å². The maximum absolute atomic E-state index is 13.0. The van der Waals surface area contributed by atoms with Crippen molar-refractivity contribution in [1.82, 2.24) is 20.3 Å². The van der Waals surface area contributed by atoms with E-state index >= 15 is 0 Å². The molecule has 1 unspecified atom stereocenters. The first kappa shape index (κ1) is 25.0. The molecule has 2 aliphatic rings. The summed E-state index contributed by atoms with van der Waals surface area (Å²) < 4.78 is 12.4. The van der Waals surface area contributed by atoms with Gasteiger partial charge < -0.3 is 16.0 Å². The summed E-state index contributed by atoms with van der Waals surface area (Å²) in [5, 5.41) is 11.8. The standard InChI is InChI=1S/C27H33N7O2S/c1-37(2,36)22-10-13-34(17-22)23-9-6-19(14-30-23)24(35)33-25(28)27(11-3-12-27)21-7-4-18(5-8-21)20-15-31-26(29)32-16-20/h4-9,14-16,22,37H,3,10-13,17H2,1-2H3,(H2,28,33,35)(H2,29,31,32). The fraction of sp³-hybridized carbons (Fsp3) is 0.370. The van der Waals surface area contributed by atoms with E-state index in [-0.39, 0.29) is 22.9 Å². The van der Waals surface area contributed by atoms with E-state index in [1.54, 1.807) is 24.7 Å². The molecule has 4 N–H and O–H groups in total. The van der Waals surface area contributed by atoms with Crippen molar-refractivity contribution in [1.29, 1.82) is 5.41 Å². The second kappa shape index (κ2) is 9.66. The van der Waals surface area contributed by atoms with Crippen molar-refractivity contribution in [3.63, 3.8) is 0 Å². The number of rotatable bonds is 6. The predicted molar refractivity (Wildman–Crippen MR) is 149 cm³/mol. The highest BCUT2D eigenvalue weighted by molar-refractivity contribution is 8.02. The predicted octanol–water partition coefficient (Wildman–Crippen LogP) is 2.80. The van der Waals surface area contributed by atoms with Gasteiger partial charge in [0.25, 0.3) is 5.91 Å². The number of hydrogen-bond donors (Lipinski definition) is 4. The zero-order valence-corrected chi connectivity index (χ0v) is 22.0. The molecule has 1 amide bonds. The van der Waals surface area contributed by atoms with Crippen molar-refractivity contribution in [3.8, 4) is 11.1 Å². The van der Waals surface area contributed by atoms with Gasteiger partial charge in [0.2, 0.25) is 5.95 Å². The van der Waals surface area contributed by atoms with Gasteiger partial charge in [0, 0.05) is 42.5 Å². The molecule has 1 saturated heterocycles. The maximum atomic E-state index is 13.0. The van der Waals surface area contributed by atoms with Crippen molar-refractivity contribution in [3.05, 3.63) is 66.1 Å². The first-order chi connectivity index (χ1) is 17.7. The van der Waals surface area contributed by atoms with Gasteiger partial charge in [-0.2, -0.15) is 0 Å². The van der Waals surface area contributed by atoms with Crippen molar-refractivity contribution in [2.24, 2.45) is 0 Å². The van der Waals surface area contributed by atoms with Gasteiger partial charge in [0.1, 0.15) is 11.7 Å². The Balaban J connectivity index is 1.25. The Labute approximate surface area is 217 Å². The Hall–Kier alpha value is -3.66. The maximum Gasteiger partial charge on any atom is 0.258 e. The van der Waals surface area contributed by atoms with Crippen LogP contribution in [0, 0.1) is 5.41 Å². The van der Waals surface area contributed by atoms with Gasteiger partial charge >= 0.3 is 0 Å². The average Bonchev–Trinajstić information content (AvgIpc) is 3.36. The number of nitrogens with zero attached hydrogens (tertiary/aromatic N) is 4. The van der Waals surface area contributed by atoms with E-state index in [0.717, 1.165) is 61.3 Å². The largest absolute Gasteiger partial charge is 0.368 e. The second-order valence-corrected chi connectivity index (χ2v) is 14.0. The van der Waals surface area contributed by atoms with E-state index in [2.05, 4.69) is 25.2 Å². The Morgan fingerprint density at radius 2 is 1.76 bits per heavy atom. The lowest BCUT2D eigenvalue weighted by atomic mass is 9.63. The molecule has 1 aliphatic carbocycles. The number of carbonyl (C=O) groups is 1. The van der Waals surface area contributed by atoms with Gasteiger partial charge in [-0.15, -0.1) is 9.93 Å². The normalized spacial score (nSPS) is 19.2. The molecule has 3 aromatic rings. The molecule has 2 aromatic heterocycles. The Morgan fingerprint density at radius 3 is 2.30 bits per heavy atom. The number of benzene rings is 1. The molecule has 1 saturated carbocycles. The zero-order chi connectivity index (χ0) is 26.2. The average molecular weight is 520 g/mol. The minimum absolute atomic E-state index is 0.185. The number of nitrogens with one attached hydrogen (secondary N) is 2. The monoisotopic (exact) mass is 519 g/mol. The number of aromatic nitrogens is 3. The van der Waals surface area contributed by atoms with Gasteiger partial charge in [-0.3, -0.25) is 14.4 Å². The van der Waals surface area contributed by atoms with Crippen LogP contribution in [0.5, 0.6) is 0 Å². The molecule has 5 rings (SSSR count). The third-order valence-corrected chi connectivity index (χ3v) is 9.92. The molecule has 1 atom stereocenters. The lowest BCUT2D eigenvalue weighted by molar-refractivity contribution is 0.0971. The van der Waals surface area contributed by atoms with Gasteiger partial charge in [-0.25, -0.2) is 15.0 Å². The summed E-state index contributed by atoms with van der Waals surface area (Å²) in [5.41, 5.74) is 8.33. The number of nitrogens with two attached hydrogens (primary N) is 1. The third-order valence-electron chi connectivity index (χ3n) is 7.74. The number of thiol groups is 1. The van der Waals surface area contributed by atoms with Crippen LogP contribution in [-0.2, 0) is 15.3 Å². The lowest BCUT2D eigenvalue weighted by Crippen LogP contribution is -2.50. The first-order valence-electron chi connectivity index (χ1n) is 12.5. The number of nitrogen functional groups attached to an aromatic ring is 1. The van der Waals surface area contributed by atoms with Crippen molar-refractivity contribution < 1.29 is 9.00 Å². The van der Waals surface area contributed by atoms with Crippen LogP contribution in [0.1, 0.15) is 41.6 Å². The van der Waals surface area contributed by atoms with Crippen molar-refractivity contribution in [2.45, 2.75) is 36.3 Å². The molecule has 9 nitrogen and oxygen atoms in total. The first-order valence-corrected chi connectivity index (χ1v) is 15.2. The van der Waals surface area contributed by atoms with Crippen LogP contribution >= 0.6 is 0 Å². The third kappa shape index (κ3) is 4.98. The summed E-state index contributed by atoms with van der Waals surface area (Å²) in [6, 6.07) is 11.6. The van der Waals surface area contributed by atoms with Gasteiger partial charge in [0.15, 0.2) is 0 Å². The summed E-state index contributed by atoms with van der Waals surface area (Å²) >= 11 is 0. The van der Waals surface area contributed by atoms with E-state index in [1.165, 1.54) is 0 Å². The minimum atomic E-state index is -2.14. The Kier molecular flexibility index (Phi) is 6.53. The number of anilines is 2. The second-order valence-electron chi connectivity index (χ2n) is 10.4. The van der Waals surface area contributed by atoms with Crippen LogP contribution in [0.2, 0.25) is 0 Å². The lowest BCUT2D eigenvalue weighted by Gasteiger charge is -2.42. The van der Waals surface area contributed by atoms with Gasteiger partial charge in [-0.05, 0) is 55.0 Å². The number of hydrogen-bond acceptors (Lipinski definition) is 8. The van der Waals surface area contributed by atoms with Gasteiger partial charge in [0.05, 0.1) is 11.0 Å². The van der Waals surface area contributed by atoms with Crippen LogP contribution in [0.15, 0.2) is 55.0 Å². The van der Waals surface area contributed by atoms with Crippen molar-refractivity contribution >= 4 is 33.4 Å². The minimum Gasteiger partial charge on any atom is -0.368 e. The molecular weight excluding hydrogens is 486 g/mol. The topological polar surface area (TPSA) is 138 Å². The molecule has 0 bridgehead atoms. The number of amidine groups is 1. The molecule has 0 spiro atoms. The summed E-state index contributed by atoms with van der Waals surface area (Å²) in [5.74, 6) is 0.888. The highest BCUT2D eigenvalue weighted by Gasteiger charge is 2.43. The fourth-order valence-corrected chi connectivity index (χ4v) is 6.48. The van der Waals surface area contributed by atoms with Crippen LogP contribution in [-0.4, -0.2) is 61.8 Å². The smallest absolute Gasteiger partial charge is 0.258 e. The molecule has 37 heavy (non-hydrogen) atoms. The number of pyridine rings is 1. The van der Waals surface area contributed by atoms with E-state index in [9.17, 15) is 9.00 Å². The van der Waals surface area contributed by atoms with E-state index in [0.29, 0.717) is 5.56 Å². The summed E-state index contributed by atoms with van der Waals surface area (Å²) in [7, 11) is -2.14. The quantitative estimate of drug-likeness (QED) is 0.223. The molecule has 2 fully saturated rings. The fourth-order valence-electron chi connectivity index (χ4n) is 5.15. The van der Waals surface area contributed by atoms with Crippen LogP contribution in [0.25, 0.3) is 11.1 Å². The van der Waals surface area contributed by atoms with Crippen LogP contribution < -0.4 is 16.0 Å². The summed E-state index contributed by atoms with van der Waals surface area (Å²) in [4.78, 5) is 27.7. The highest BCUT2D eigenvalue weighted by Crippen LogP contribution is 2.44. The van der Waals surface area contributed by atoms with Gasteiger partial charge in [-0.1, -0.05) is 30.7 Å². The summed E-state index contributed by atoms with van der Waals surface area (Å²) in [6.07, 6.45) is 12.1. The SMILES string of the molecule is C[SH](C)(=O)C1CCN(c2ccc(C(=O)NC(=N)C3(c4ccc(-c5cnc(N)nc5)cc4)CCC3)cn2)C1. The van der Waals surface area contributed by atoms with E-state index in [1.807, 2.05) is 42.8 Å².